The Labute approximate surface area is 118 Å². The smallest absolute Gasteiger partial charge is 0.262 e. The van der Waals surface area contributed by atoms with Crippen LogP contribution in [0.5, 0.6) is 0 Å². The van der Waals surface area contributed by atoms with Crippen molar-refractivity contribution >= 4 is 18.3 Å². The van der Waals surface area contributed by atoms with Gasteiger partial charge in [-0.05, 0) is 5.92 Å². The zero-order valence-electron chi connectivity index (χ0n) is 11.2. The molecule has 4 nitrogen and oxygen atoms in total. The summed E-state index contributed by atoms with van der Waals surface area (Å²) in [5.74, 6) is -2.66. The second kappa shape index (κ2) is 6.33. The number of rotatable bonds is 2. The molecule has 1 N–H and O–H groups in total. The summed E-state index contributed by atoms with van der Waals surface area (Å²) in [6, 6.07) is -0.745. The third-order valence-electron chi connectivity index (χ3n) is 3.56. The molecule has 0 bridgehead atoms. The third-order valence-corrected chi connectivity index (χ3v) is 3.56. The molecule has 2 aliphatic heterocycles. The minimum atomic E-state index is -2.76. The first-order valence-corrected chi connectivity index (χ1v) is 6.41. The van der Waals surface area contributed by atoms with E-state index in [9.17, 15) is 13.6 Å². The third kappa shape index (κ3) is 4.00. The SMILES string of the molecule is CC(C)C1CN(C(=O)C2CC(F)(F)CN2)CCO1.Cl. The topological polar surface area (TPSA) is 41.6 Å². The van der Waals surface area contributed by atoms with Gasteiger partial charge in [-0.1, -0.05) is 13.8 Å². The highest BCUT2D eigenvalue weighted by atomic mass is 35.5. The fraction of sp³-hybridized carbons (Fsp3) is 0.917. The molecule has 2 rings (SSSR count). The number of halogens is 3. The monoisotopic (exact) mass is 298 g/mol. The van der Waals surface area contributed by atoms with E-state index in [-0.39, 0.29) is 24.4 Å². The van der Waals surface area contributed by atoms with E-state index in [2.05, 4.69) is 5.32 Å². The highest BCUT2D eigenvalue weighted by molar-refractivity contribution is 5.85. The van der Waals surface area contributed by atoms with Gasteiger partial charge in [-0.3, -0.25) is 10.1 Å². The molecular weight excluding hydrogens is 278 g/mol. The molecule has 2 unspecified atom stereocenters. The van der Waals surface area contributed by atoms with E-state index in [0.29, 0.717) is 25.6 Å². The fourth-order valence-corrected chi connectivity index (χ4v) is 2.39. The second-order valence-corrected chi connectivity index (χ2v) is 5.43. The Bertz CT molecular complexity index is 329. The maximum Gasteiger partial charge on any atom is 0.262 e. The molecular formula is C12H21ClF2N2O2. The van der Waals surface area contributed by atoms with Gasteiger partial charge in [0.05, 0.1) is 25.3 Å². The summed E-state index contributed by atoms with van der Waals surface area (Å²) in [7, 11) is 0. The van der Waals surface area contributed by atoms with Gasteiger partial charge in [-0.2, -0.15) is 0 Å². The number of amides is 1. The number of morpholine rings is 1. The van der Waals surface area contributed by atoms with Crippen molar-refractivity contribution < 1.29 is 18.3 Å². The molecule has 2 heterocycles. The van der Waals surface area contributed by atoms with Crippen molar-refractivity contribution in [2.24, 2.45) is 5.92 Å². The molecule has 2 fully saturated rings. The normalized spacial score (nSPS) is 30.3. The number of hydrogen-bond acceptors (Lipinski definition) is 3. The Kier molecular flexibility index (Phi) is 5.53. The van der Waals surface area contributed by atoms with Gasteiger partial charge in [-0.15, -0.1) is 12.4 Å². The number of carbonyl (C=O) groups excluding carboxylic acids is 1. The predicted molar refractivity (Wildman–Crippen MR) is 69.8 cm³/mol. The van der Waals surface area contributed by atoms with Gasteiger partial charge in [0, 0.05) is 19.5 Å². The summed E-state index contributed by atoms with van der Waals surface area (Å²) in [5.41, 5.74) is 0. The Morgan fingerprint density at radius 2 is 2.16 bits per heavy atom. The van der Waals surface area contributed by atoms with Gasteiger partial charge >= 0.3 is 0 Å². The van der Waals surface area contributed by atoms with E-state index >= 15 is 0 Å². The van der Waals surface area contributed by atoms with E-state index < -0.39 is 24.9 Å². The lowest BCUT2D eigenvalue weighted by Crippen LogP contribution is -2.52. The second-order valence-electron chi connectivity index (χ2n) is 5.43. The first-order valence-electron chi connectivity index (χ1n) is 6.41. The van der Waals surface area contributed by atoms with Crippen molar-refractivity contribution in [3.05, 3.63) is 0 Å². The van der Waals surface area contributed by atoms with Crippen LogP contribution >= 0.6 is 12.4 Å². The summed E-state index contributed by atoms with van der Waals surface area (Å²) in [6.45, 7) is 5.13. The number of ether oxygens (including phenoxy) is 1. The maximum absolute atomic E-state index is 13.1. The van der Waals surface area contributed by atoms with Gasteiger partial charge in [0.25, 0.3) is 5.92 Å². The van der Waals surface area contributed by atoms with Gasteiger partial charge in [-0.25, -0.2) is 8.78 Å². The van der Waals surface area contributed by atoms with Crippen molar-refractivity contribution in [1.29, 1.82) is 0 Å². The van der Waals surface area contributed by atoms with Crippen molar-refractivity contribution in [1.82, 2.24) is 10.2 Å². The van der Waals surface area contributed by atoms with E-state index in [4.69, 9.17) is 4.74 Å². The molecule has 2 atom stereocenters. The molecule has 2 aliphatic rings. The molecule has 0 aromatic carbocycles. The van der Waals surface area contributed by atoms with Gasteiger partial charge < -0.3 is 9.64 Å². The van der Waals surface area contributed by atoms with Crippen molar-refractivity contribution in [3.63, 3.8) is 0 Å². The molecule has 112 valence electrons. The van der Waals surface area contributed by atoms with E-state index in [1.165, 1.54) is 0 Å². The standard InChI is InChI=1S/C12H20F2N2O2.ClH/c1-8(2)10-6-16(3-4-18-10)11(17)9-5-12(13,14)7-15-9;/h8-10,15H,3-7H2,1-2H3;1H. The van der Waals surface area contributed by atoms with Crippen LogP contribution in [0.3, 0.4) is 0 Å². The lowest BCUT2D eigenvalue weighted by atomic mass is 10.0. The molecule has 0 saturated carbocycles. The fourth-order valence-electron chi connectivity index (χ4n) is 2.39. The lowest BCUT2D eigenvalue weighted by molar-refractivity contribution is -0.142. The lowest BCUT2D eigenvalue weighted by Gasteiger charge is -2.36. The molecule has 0 radical (unpaired) electrons. The quantitative estimate of drug-likeness (QED) is 0.835. The van der Waals surface area contributed by atoms with Gasteiger partial charge in [0.1, 0.15) is 0 Å². The van der Waals surface area contributed by atoms with Crippen LogP contribution in [0, 0.1) is 5.92 Å². The molecule has 1 amide bonds. The Morgan fingerprint density at radius 3 is 2.68 bits per heavy atom. The van der Waals surface area contributed by atoms with Crippen LogP contribution in [0.25, 0.3) is 0 Å². The van der Waals surface area contributed by atoms with Crippen LogP contribution in [0.15, 0.2) is 0 Å². The van der Waals surface area contributed by atoms with Crippen molar-refractivity contribution in [2.75, 3.05) is 26.2 Å². The summed E-state index contributed by atoms with van der Waals surface area (Å²) >= 11 is 0. The molecule has 0 aliphatic carbocycles. The molecule has 0 spiro atoms. The molecule has 19 heavy (non-hydrogen) atoms. The predicted octanol–water partition coefficient (Wildman–Crippen LogP) is 1.29. The summed E-state index contributed by atoms with van der Waals surface area (Å²) in [4.78, 5) is 13.8. The van der Waals surface area contributed by atoms with E-state index in [0.717, 1.165) is 0 Å². The van der Waals surface area contributed by atoms with Crippen LogP contribution in [0.2, 0.25) is 0 Å². The maximum atomic E-state index is 13.1. The highest BCUT2D eigenvalue weighted by Gasteiger charge is 2.44. The Balaban J connectivity index is 0.00000180. The minimum Gasteiger partial charge on any atom is -0.374 e. The van der Waals surface area contributed by atoms with E-state index in [1.54, 1.807) is 4.90 Å². The van der Waals surface area contributed by atoms with Crippen LogP contribution in [-0.4, -0.2) is 55.1 Å². The first kappa shape index (κ1) is 16.6. The van der Waals surface area contributed by atoms with Crippen LogP contribution in [0.4, 0.5) is 8.78 Å². The van der Waals surface area contributed by atoms with E-state index in [1.807, 2.05) is 13.8 Å². The molecule has 2 saturated heterocycles. The number of carbonyl (C=O) groups is 1. The molecule has 7 heteroatoms. The molecule has 0 aromatic rings. The zero-order chi connectivity index (χ0) is 13.3. The summed E-state index contributed by atoms with van der Waals surface area (Å²) in [5, 5.41) is 2.61. The summed E-state index contributed by atoms with van der Waals surface area (Å²) < 4.78 is 31.7. The van der Waals surface area contributed by atoms with Crippen LogP contribution < -0.4 is 5.32 Å². The van der Waals surface area contributed by atoms with Crippen LogP contribution in [0.1, 0.15) is 20.3 Å². The Hall–Kier alpha value is -0.460. The van der Waals surface area contributed by atoms with Crippen LogP contribution in [-0.2, 0) is 9.53 Å². The number of alkyl halides is 2. The zero-order valence-corrected chi connectivity index (χ0v) is 12.0. The number of hydrogen-bond donors (Lipinski definition) is 1. The Morgan fingerprint density at radius 1 is 1.47 bits per heavy atom. The number of nitrogens with zero attached hydrogens (tertiary/aromatic N) is 1. The van der Waals surface area contributed by atoms with Gasteiger partial charge in [0.2, 0.25) is 5.91 Å². The van der Waals surface area contributed by atoms with Gasteiger partial charge in [0.15, 0.2) is 0 Å². The first-order chi connectivity index (χ1) is 8.39. The highest BCUT2D eigenvalue weighted by Crippen LogP contribution is 2.26. The molecule has 0 aromatic heterocycles. The van der Waals surface area contributed by atoms with Crippen molar-refractivity contribution in [2.45, 2.75) is 38.3 Å². The minimum absolute atomic E-state index is 0. The van der Waals surface area contributed by atoms with Crippen molar-refractivity contribution in [3.8, 4) is 0 Å². The average Bonchev–Trinajstić information content (AvgIpc) is 2.69. The largest absolute Gasteiger partial charge is 0.374 e. The average molecular weight is 299 g/mol. The number of nitrogens with one attached hydrogen (secondary N) is 1. The summed E-state index contributed by atoms with van der Waals surface area (Å²) in [6.07, 6.45) is -0.389.